The molecule has 0 bridgehead atoms. The average molecular weight is 262 g/mol. The van der Waals surface area contributed by atoms with E-state index in [9.17, 15) is 0 Å². The van der Waals surface area contributed by atoms with Crippen molar-refractivity contribution in [2.24, 2.45) is 5.41 Å². The third kappa shape index (κ3) is 4.22. The molecule has 19 heavy (non-hydrogen) atoms. The van der Waals surface area contributed by atoms with Gasteiger partial charge in [0.1, 0.15) is 0 Å². The van der Waals surface area contributed by atoms with Gasteiger partial charge < -0.3 is 15.0 Å². The van der Waals surface area contributed by atoms with Gasteiger partial charge in [-0.1, -0.05) is 12.1 Å². The summed E-state index contributed by atoms with van der Waals surface area (Å²) in [6, 6.07) is 8.76. The van der Waals surface area contributed by atoms with Crippen molar-refractivity contribution in [3.05, 3.63) is 29.8 Å². The minimum Gasteiger partial charge on any atom is -0.385 e. The SMILES string of the molecule is COCCC1(CNCc2ccc(N(C)C)cc2)CC1. The quantitative estimate of drug-likeness (QED) is 0.779. The number of rotatable bonds is 8. The fraction of sp³-hybridized carbons (Fsp3) is 0.625. The van der Waals surface area contributed by atoms with Crippen LogP contribution in [0, 0.1) is 5.41 Å². The maximum atomic E-state index is 5.19. The van der Waals surface area contributed by atoms with E-state index >= 15 is 0 Å². The van der Waals surface area contributed by atoms with Crippen LogP contribution in [0.3, 0.4) is 0 Å². The molecule has 1 fully saturated rings. The number of hydrogen-bond donors (Lipinski definition) is 1. The van der Waals surface area contributed by atoms with Gasteiger partial charge in [-0.25, -0.2) is 0 Å². The maximum absolute atomic E-state index is 5.19. The van der Waals surface area contributed by atoms with Crippen LogP contribution in [0.2, 0.25) is 0 Å². The average Bonchev–Trinajstić information content (AvgIpc) is 3.17. The van der Waals surface area contributed by atoms with Gasteiger partial charge in [-0.05, 0) is 42.4 Å². The highest BCUT2D eigenvalue weighted by molar-refractivity contribution is 5.45. The Kier molecular flexibility index (Phi) is 4.83. The molecule has 3 heteroatoms. The molecule has 0 aromatic heterocycles. The maximum Gasteiger partial charge on any atom is 0.0468 e. The molecule has 1 aromatic carbocycles. The van der Waals surface area contributed by atoms with Crippen LogP contribution in [0.4, 0.5) is 5.69 Å². The van der Waals surface area contributed by atoms with Crippen LogP contribution in [0.5, 0.6) is 0 Å². The van der Waals surface area contributed by atoms with Crippen LogP contribution in [-0.4, -0.2) is 34.4 Å². The van der Waals surface area contributed by atoms with E-state index in [4.69, 9.17) is 4.74 Å². The molecule has 3 nitrogen and oxygen atoms in total. The molecule has 0 heterocycles. The van der Waals surface area contributed by atoms with Gasteiger partial charge in [-0.2, -0.15) is 0 Å². The Morgan fingerprint density at radius 2 is 1.89 bits per heavy atom. The van der Waals surface area contributed by atoms with Gasteiger partial charge >= 0.3 is 0 Å². The van der Waals surface area contributed by atoms with Crippen LogP contribution in [0.1, 0.15) is 24.8 Å². The van der Waals surface area contributed by atoms with Crippen molar-refractivity contribution in [3.8, 4) is 0 Å². The first kappa shape index (κ1) is 14.4. The molecule has 0 unspecified atom stereocenters. The first-order chi connectivity index (χ1) is 9.15. The Balaban J connectivity index is 1.73. The first-order valence-corrected chi connectivity index (χ1v) is 7.11. The van der Waals surface area contributed by atoms with Crippen molar-refractivity contribution in [3.63, 3.8) is 0 Å². The van der Waals surface area contributed by atoms with E-state index in [1.165, 1.54) is 30.5 Å². The lowest BCUT2D eigenvalue weighted by Gasteiger charge is -2.16. The second-order valence-electron chi connectivity index (χ2n) is 5.91. The zero-order chi connectivity index (χ0) is 13.7. The summed E-state index contributed by atoms with van der Waals surface area (Å²) in [5, 5.41) is 3.59. The molecule has 1 aromatic rings. The van der Waals surface area contributed by atoms with Gasteiger partial charge in [0.15, 0.2) is 0 Å². The molecule has 1 aliphatic carbocycles. The van der Waals surface area contributed by atoms with E-state index in [0.717, 1.165) is 19.7 Å². The molecule has 1 aliphatic rings. The van der Waals surface area contributed by atoms with E-state index in [1.807, 2.05) is 0 Å². The molecule has 106 valence electrons. The number of benzene rings is 1. The second kappa shape index (κ2) is 6.40. The molecular formula is C16H26N2O. The van der Waals surface area contributed by atoms with Crippen molar-refractivity contribution in [2.75, 3.05) is 39.3 Å². The summed E-state index contributed by atoms with van der Waals surface area (Å²) >= 11 is 0. The number of anilines is 1. The number of hydrogen-bond acceptors (Lipinski definition) is 3. The molecule has 0 aliphatic heterocycles. The lowest BCUT2D eigenvalue weighted by Crippen LogP contribution is -2.24. The number of nitrogens with zero attached hydrogens (tertiary/aromatic N) is 1. The Morgan fingerprint density at radius 3 is 2.42 bits per heavy atom. The van der Waals surface area contributed by atoms with Gasteiger partial charge in [0.05, 0.1) is 0 Å². The van der Waals surface area contributed by atoms with Gasteiger partial charge in [-0.15, -0.1) is 0 Å². The highest BCUT2D eigenvalue weighted by Crippen LogP contribution is 2.48. The summed E-state index contributed by atoms with van der Waals surface area (Å²) in [5.74, 6) is 0. The summed E-state index contributed by atoms with van der Waals surface area (Å²) < 4.78 is 5.19. The van der Waals surface area contributed by atoms with Crippen LogP contribution < -0.4 is 10.2 Å². The third-order valence-electron chi connectivity index (χ3n) is 4.08. The predicted octanol–water partition coefficient (Wildman–Crippen LogP) is 2.66. The number of nitrogens with one attached hydrogen (secondary N) is 1. The van der Waals surface area contributed by atoms with Crippen LogP contribution >= 0.6 is 0 Å². The fourth-order valence-electron chi connectivity index (χ4n) is 2.39. The van der Waals surface area contributed by atoms with Crippen LogP contribution in [0.15, 0.2) is 24.3 Å². The monoisotopic (exact) mass is 262 g/mol. The molecule has 0 atom stereocenters. The van der Waals surface area contributed by atoms with E-state index in [0.29, 0.717) is 5.41 Å². The number of methoxy groups -OCH3 is 1. The van der Waals surface area contributed by atoms with Crippen molar-refractivity contribution in [1.82, 2.24) is 5.32 Å². The second-order valence-corrected chi connectivity index (χ2v) is 5.91. The van der Waals surface area contributed by atoms with E-state index in [2.05, 4.69) is 48.6 Å². The lowest BCUT2D eigenvalue weighted by molar-refractivity contribution is 0.171. The van der Waals surface area contributed by atoms with Crippen LogP contribution in [0.25, 0.3) is 0 Å². The third-order valence-corrected chi connectivity index (χ3v) is 4.08. The van der Waals surface area contributed by atoms with E-state index < -0.39 is 0 Å². The summed E-state index contributed by atoms with van der Waals surface area (Å²) in [7, 11) is 5.93. The zero-order valence-electron chi connectivity index (χ0n) is 12.4. The van der Waals surface area contributed by atoms with Crippen LogP contribution in [-0.2, 0) is 11.3 Å². The summed E-state index contributed by atoms with van der Waals surface area (Å²) in [6.07, 6.45) is 3.89. The van der Waals surface area contributed by atoms with E-state index in [1.54, 1.807) is 7.11 Å². The Labute approximate surface area is 116 Å². The molecular weight excluding hydrogens is 236 g/mol. The minimum absolute atomic E-state index is 0.527. The summed E-state index contributed by atoms with van der Waals surface area (Å²) in [5.41, 5.74) is 3.13. The summed E-state index contributed by atoms with van der Waals surface area (Å²) in [4.78, 5) is 2.13. The van der Waals surface area contributed by atoms with Crippen molar-refractivity contribution >= 4 is 5.69 Å². The molecule has 0 amide bonds. The summed E-state index contributed by atoms with van der Waals surface area (Å²) in [6.45, 7) is 2.97. The van der Waals surface area contributed by atoms with E-state index in [-0.39, 0.29) is 0 Å². The molecule has 2 rings (SSSR count). The van der Waals surface area contributed by atoms with Gasteiger partial charge in [0.2, 0.25) is 0 Å². The molecule has 1 saturated carbocycles. The normalized spacial score (nSPS) is 16.4. The largest absolute Gasteiger partial charge is 0.385 e. The molecule has 0 spiro atoms. The zero-order valence-corrected chi connectivity index (χ0v) is 12.4. The Bertz CT molecular complexity index is 382. The fourth-order valence-corrected chi connectivity index (χ4v) is 2.39. The molecule has 0 saturated heterocycles. The smallest absolute Gasteiger partial charge is 0.0468 e. The van der Waals surface area contributed by atoms with Gasteiger partial charge in [-0.3, -0.25) is 0 Å². The molecule has 0 radical (unpaired) electrons. The minimum atomic E-state index is 0.527. The predicted molar refractivity (Wildman–Crippen MR) is 80.6 cm³/mol. The first-order valence-electron chi connectivity index (χ1n) is 7.11. The lowest BCUT2D eigenvalue weighted by atomic mass is 10.0. The highest BCUT2D eigenvalue weighted by Gasteiger charge is 2.41. The highest BCUT2D eigenvalue weighted by atomic mass is 16.5. The topological polar surface area (TPSA) is 24.5 Å². The van der Waals surface area contributed by atoms with Crippen molar-refractivity contribution in [2.45, 2.75) is 25.8 Å². The van der Waals surface area contributed by atoms with Gasteiger partial charge in [0, 0.05) is 46.6 Å². The van der Waals surface area contributed by atoms with Crippen molar-refractivity contribution in [1.29, 1.82) is 0 Å². The van der Waals surface area contributed by atoms with Crippen molar-refractivity contribution < 1.29 is 4.74 Å². The Hall–Kier alpha value is -1.06. The molecule has 1 N–H and O–H groups in total. The number of ether oxygens (including phenoxy) is 1. The standard InChI is InChI=1S/C16H26N2O/c1-18(2)15-6-4-14(5-7-15)12-17-13-16(8-9-16)10-11-19-3/h4-7,17H,8-13H2,1-3H3. The Morgan fingerprint density at radius 1 is 1.21 bits per heavy atom. The van der Waals surface area contributed by atoms with Gasteiger partial charge in [0.25, 0.3) is 0 Å².